The van der Waals surface area contributed by atoms with Gasteiger partial charge >= 0.3 is 5.97 Å². The molecule has 0 aromatic heterocycles. The van der Waals surface area contributed by atoms with Gasteiger partial charge in [-0.1, -0.05) is 12.2 Å². The van der Waals surface area contributed by atoms with Crippen LogP contribution in [0.25, 0.3) is 0 Å². The summed E-state index contributed by atoms with van der Waals surface area (Å²) in [6.07, 6.45) is 6.44. The number of nitrogens with zero attached hydrogens (tertiary/aromatic N) is 1. The van der Waals surface area contributed by atoms with Gasteiger partial charge in [0.25, 0.3) is 0 Å². The van der Waals surface area contributed by atoms with Gasteiger partial charge in [0.2, 0.25) is 11.8 Å². The molecule has 2 saturated heterocycles. The van der Waals surface area contributed by atoms with Crippen LogP contribution in [-0.4, -0.2) is 46.9 Å². The van der Waals surface area contributed by atoms with Crippen LogP contribution in [0.4, 0.5) is 0 Å². The van der Waals surface area contributed by atoms with Crippen molar-refractivity contribution in [1.82, 2.24) is 10.2 Å². The van der Waals surface area contributed by atoms with E-state index in [1.165, 1.54) is 0 Å². The Bertz CT molecular complexity index is 516. The Labute approximate surface area is 123 Å². The molecule has 6 heteroatoms. The summed E-state index contributed by atoms with van der Waals surface area (Å²) in [5.74, 6) is -1.54. The molecule has 2 fully saturated rings. The predicted octanol–water partition coefficient (Wildman–Crippen LogP) is 0.534. The second-order valence-corrected chi connectivity index (χ2v) is 6.16. The summed E-state index contributed by atoms with van der Waals surface area (Å²) in [4.78, 5) is 38.1. The maximum absolute atomic E-state index is 12.9. The van der Waals surface area contributed by atoms with E-state index in [2.05, 4.69) is 5.32 Å². The first-order chi connectivity index (χ1) is 10.1. The van der Waals surface area contributed by atoms with Gasteiger partial charge in [-0.15, -0.1) is 0 Å². The van der Waals surface area contributed by atoms with Gasteiger partial charge in [-0.25, -0.2) is 0 Å². The monoisotopic (exact) mass is 292 g/mol. The zero-order valence-corrected chi connectivity index (χ0v) is 11.9. The molecular formula is C15H20N2O4. The highest BCUT2D eigenvalue weighted by Gasteiger charge is 2.52. The van der Waals surface area contributed by atoms with Gasteiger partial charge in [0.1, 0.15) is 5.41 Å². The van der Waals surface area contributed by atoms with Gasteiger partial charge in [0.05, 0.1) is 12.0 Å². The van der Waals surface area contributed by atoms with Crippen LogP contribution < -0.4 is 5.32 Å². The Morgan fingerprint density at radius 3 is 2.86 bits per heavy atom. The minimum absolute atomic E-state index is 0.00888. The van der Waals surface area contributed by atoms with Crippen LogP contribution in [0.15, 0.2) is 12.2 Å². The third-order valence-corrected chi connectivity index (χ3v) is 5.05. The number of hydrogen-bond donors (Lipinski definition) is 2. The first-order valence-electron chi connectivity index (χ1n) is 7.53. The van der Waals surface area contributed by atoms with Gasteiger partial charge in [-0.05, 0) is 32.1 Å². The van der Waals surface area contributed by atoms with Gasteiger partial charge in [-0.3, -0.25) is 14.4 Å². The standard InChI is InChI=1S/C15H20N2O4/c18-12-10-5-4-8-17(11(10)9-16-12)13(19)15(14(20)21)6-2-1-3-7-15/h1-2,10-11H,3-9H2,(H,16,18)(H,20,21)/t10-,11-,15?/m1/s1. The molecular weight excluding hydrogens is 272 g/mol. The number of carboxylic acids is 1. The van der Waals surface area contributed by atoms with Gasteiger partial charge < -0.3 is 15.3 Å². The number of hydrogen-bond acceptors (Lipinski definition) is 3. The van der Waals surface area contributed by atoms with Crippen molar-refractivity contribution in [2.45, 2.75) is 38.1 Å². The smallest absolute Gasteiger partial charge is 0.319 e. The van der Waals surface area contributed by atoms with Gasteiger partial charge in [-0.2, -0.15) is 0 Å². The summed E-state index contributed by atoms with van der Waals surface area (Å²) in [5.41, 5.74) is -1.34. The summed E-state index contributed by atoms with van der Waals surface area (Å²) < 4.78 is 0. The first kappa shape index (κ1) is 14.1. The average molecular weight is 292 g/mol. The molecule has 3 rings (SSSR count). The Morgan fingerprint density at radius 2 is 2.19 bits per heavy atom. The number of allylic oxidation sites excluding steroid dienone is 2. The zero-order valence-electron chi connectivity index (χ0n) is 11.9. The van der Waals surface area contributed by atoms with Crippen molar-refractivity contribution in [2.24, 2.45) is 11.3 Å². The fourth-order valence-corrected chi connectivity index (χ4v) is 3.79. The molecule has 2 aliphatic heterocycles. The lowest BCUT2D eigenvalue weighted by Gasteiger charge is -2.41. The van der Waals surface area contributed by atoms with Crippen molar-refractivity contribution in [3.8, 4) is 0 Å². The SMILES string of the molecule is O=C1NC[C@@H]2[C@H]1CCCN2C(=O)C1(C(=O)O)CC=CCC1. The lowest BCUT2D eigenvalue weighted by molar-refractivity contribution is -0.163. The highest BCUT2D eigenvalue weighted by Crippen LogP contribution is 2.38. The van der Waals surface area contributed by atoms with Gasteiger partial charge in [0, 0.05) is 13.1 Å². The molecule has 0 aromatic rings. The van der Waals surface area contributed by atoms with Crippen molar-refractivity contribution >= 4 is 17.8 Å². The molecule has 1 aliphatic carbocycles. The van der Waals surface area contributed by atoms with Crippen LogP contribution in [0.1, 0.15) is 32.1 Å². The minimum Gasteiger partial charge on any atom is -0.480 e. The Hall–Kier alpha value is -1.85. The lowest BCUT2D eigenvalue weighted by atomic mass is 9.74. The van der Waals surface area contributed by atoms with E-state index in [-0.39, 0.29) is 30.2 Å². The highest BCUT2D eigenvalue weighted by atomic mass is 16.4. The lowest BCUT2D eigenvalue weighted by Crippen LogP contribution is -2.56. The van der Waals surface area contributed by atoms with E-state index in [0.717, 1.165) is 12.8 Å². The summed E-state index contributed by atoms with van der Waals surface area (Å²) in [5, 5.41) is 12.4. The number of aliphatic carboxylic acids is 1. The topological polar surface area (TPSA) is 86.7 Å². The second-order valence-electron chi connectivity index (χ2n) is 6.16. The van der Waals surface area contributed by atoms with E-state index in [4.69, 9.17) is 0 Å². The van der Waals surface area contributed by atoms with Crippen LogP contribution in [0.2, 0.25) is 0 Å². The maximum atomic E-state index is 12.9. The Balaban J connectivity index is 1.87. The van der Waals surface area contributed by atoms with Gasteiger partial charge in [0.15, 0.2) is 0 Å². The summed E-state index contributed by atoms with van der Waals surface area (Å²) in [7, 11) is 0. The van der Waals surface area contributed by atoms with Crippen LogP contribution in [0.5, 0.6) is 0 Å². The largest absolute Gasteiger partial charge is 0.480 e. The molecule has 2 heterocycles. The summed E-state index contributed by atoms with van der Waals surface area (Å²) >= 11 is 0. The molecule has 3 aliphatic rings. The predicted molar refractivity (Wildman–Crippen MR) is 74.3 cm³/mol. The van der Waals surface area contributed by atoms with Crippen molar-refractivity contribution in [3.63, 3.8) is 0 Å². The van der Waals surface area contributed by atoms with Crippen molar-refractivity contribution < 1.29 is 19.5 Å². The Morgan fingerprint density at radius 1 is 1.38 bits per heavy atom. The molecule has 114 valence electrons. The van der Waals surface area contributed by atoms with Crippen LogP contribution in [0, 0.1) is 11.3 Å². The molecule has 0 aromatic carbocycles. The second kappa shape index (κ2) is 5.16. The molecule has 0 saturated carbocycles. The first-order valence-corrected chi connectivity index (χ1v) is 7.53. The van der Waals surface area contributed by atoms with Crippen molar-refractivity contribution in [3.05, 3.63) is 12.2 Å². The number of piperidine rings is 1. The number of amides is 2. The van der Waals surface area contributed by atoms with Crippen LogP contribution >= 0.6 is 0 Å². The maximum Gasteiger partial charge on any atom is 0.319 e. The summed E-state index contributed by atoms with van der Waals surface area (Å²) in [6, 6.07) is -0.180. The molecule has 2 amide bonds. The fraction of sp³-hybridized carbons (Fsp3) is 0.667. The number of rotatable bonds is 2. The number of carbonyl (C=O) groups excluding carboxylic acids is 2. The van der Waals surface area contributed by atoms with E-state index in [0.29, 0.717) is 25.9 Å². The molecule has 3 atom stereocenters. The van der Waals surface area contributed by atoms with E-state index in [1.807, 2.05) is 6.08 Å². The van der Waals surface area contributed by atoms with E-state index < -0.39 is 11.4 Å². The van der Waals surface area contributed by atoms with E-state index in [1.54, 1.807) is 11.0 Å². The van der Waals surface area contributed by atoms with Crippen molar-refractivity contribution in [1.29, 1.82) is 0 Å². The third-order valence-electron chi connectivity index (χ3n) is 5.05. The molecule has 2 N–H and O–H groups in total. The number of likely N-dealkylation sites (tertiary alicyclic amines) is 1. The molecule has 1 unspecified atom stereocenters. The third kappa shape index (κ3) is 2.13. The van der Waals surface area contributed by atoms with E-state index >= 15 is 0 Å². The molecule has 0 radical (unpaired) electrons. The van der Waals surface area contributed by atoms with Crippen LogP contribution in [-0.2, 0) is 14.4 Å². The normalized spacial score (nSPS) is 35.2. The fourth-order valence-electron chi connectivity index (χ4n) is 3.79. The quantitative estimate of drug-likeness (QED) is 0.574. The minimum atomic E-state index is -1.34. The van der Waals surface area contributed by atoms with E-state index in [9.17, 15) is 19.5 Å². The van der Waals surface area contributed by atoms with Crippen molar-refractivity contribution in [2.75, 3.05) is 13.1 Å². The molecule has 6 nitrogen and oxygen atoms in total. The highest BCUT2D eigenvalue weighted by molar-refractivity contribution is 6.02. The number of carbonyl (C=O) groups is 3. The number of fused-ring (bicyclic) bond motifs is 1. The average Bonchev–Trinajstić information content (AvgIpc) is 2.89. The number of nitrogens with one attached hydrogen (secondary N) is 1. The molecule has 0 bridgehead atoms. The Kier molecular flexibility index (Phi) is 3.47. The molecule has 21 heavy (non-hydrogen) atoms. The zero-order chi connectivity index (χ0) is 15.0. The summed E-state index contributed by atoms with van der Waals surface area (Å²) in [6.45, 7) is 0.995. The van der Waals surface area contributed by atoms with Crippen LogP contribution in [0.3, 0.4) is 0 Å². The molecule has 0 spiro atoms. The number of carboxylic acid groups (broad SMARTS) is 1.